The van der Waals surface area contributed by atoms with Crippen molar-refractivity contribution >= 4 is 63.4 Å². The fraction of sp³-hybridized carbons (Fsp3) is 0.167. The minimum absolute atomic E-state index is 0.0730. The first-order valence-electron chi connectivity index (χ1n) is 10.9. The Bertz CT molecular complexity index is 1700. The highest BCUT2D eigenvalue weighted by atomic mass is 35.5. The first-order valence-corrected chi connectivity index (χ1v) is 12.9. The van der Waals surface area contributed by atoms with Crippen LogP contribution in [-0.2, 0) is 12.7 Å². The van der Waals surface area contributed by atoms with Crippen LogP contribution in [0.25, 0.3) is 16.2 Å². The molecule has 0 radical (unpaired) electrons. The van der Waals surface area contributed by atoms with Gasteiger partial charge in [-0.15, -0.1) is 11.3 Å². The van der Waals surface area contributed by atoms with Crippen LogP contribution in [0.15, 0.2) is 41.8 Å². The van der Waals surface area contributed by atoms with Crippen molar-refractivity contribution in [2.75, 3.05) is 5.32 Å². The molecule has 14 heteroatoms. The molecule has 0 atom stereocenters. The number of carbonyl (C=O) groups is 1. The lowest BCUT2D eigenvalue weighted by atomic mass is 10.2. The van der Waals surface area contributed by atoms with E-state index in [0.29, 0.717) is 43.1 Å². The van der Waals surface area contributed by atoms with Gasteiger partial charge in [-0.05, 0) is 49.1 Å². The predicted molar refractivity (Wildman–Crippen MR) is 142 cm³/mol. The lowest BCUT2D eigenvalue weighted by molar-refractivity contribution is -0.142. The summed E-state index contributed by atoms with van der Waals surface area (Å²) in [6.45, 7) is 3.78. The quantitative estimate of drug-likeness (QED) is 0.226. The molecule has 0 aliphatic heterocycles. The maximum atomic E-state index is 13.9. The summed E-state index contributed by atoms with van der Waals surface area (Å²) in [4.78, 5) is 18.0. The summed E-state index contributed by atoms with van der Waals surface area (Å²) in [5.74, 6) is -0.799. The van der Waals surface area contributed by atoms with E-state index in [0.717, 1.165) is 11.6 Å². The molecule has 0 spiro atoms. The van der Waals surface area contributed by atoms with Crippen molar-refractivity contribution in [2.45, 2.75) is 26.6 Å². The number of carbonyl (C=O) groups excluding carboxylic acids is 1. The van der Waals surface area contributed by atoms with Gasteiger partial charge in [-0.1, -0.05) is 46.9 Å². The SMILES string of the molecule is Cc1nn(Cc2ccc(Cl)c(Cl)c2)c(C)c1NC(=O)c1nn2c(C(F)(F)F)cc(-c3cccs3)nc2c1Cl. The smallest absolute Gasteiger partial charge is 0.317 e. The third-order valence-corrected chi connectivity index (χ3v) is 7.73. The van der Waals surface area contributed by atoms with E-state index in [1.54, 1.807) is 54.2 Å². The number of halogens is 6. The Morgan fingerprint density at radius 1 is 1.08 bits per heavy atom. The van der Waals surface area contributed by atoms with Gasteiger partial charge in [0.25, 0.3) is 5.91 Å². The fourth-order valence-corrected chi connectivity index (χ4v) is 5.16. The molecular formula is C24H16Cl3F3N6OS. The summed E-state index contributed by atoms with van der Waals surface area (Å²) in [5, 5.41) is 13.3. The zero-order valence-corrected chi connectivity index (χ0v) is 22.7. The van der Waals surface area contributed by atoms with Gasteiger partial charge < -0.3 is 5.32 Å². The first kappa shape index (κ1) is 26.5. The number of aryl methyl sites for hydroxylation is 1. The average molecular weight is 600 g/mol. The van der Waals surface area contributed by atoms with E-state index in [9.17, 15) is 18.0 Å². The molecule has 4 heterocycles. The van der Waals surface area contributed by atoms with Crippen molar-refractivity contribution in [1.29, 1.82) is 0 Å². The van der Waals surface area contributed by atoms with Crippen molar-refractivity contribution in [3.8, 4) is 10.6 Å². The number of alkyl halides is 3. The molecule has 1 amide bonds. The van der Waals surface area contributed by atoms with Crippen molar-refractivity contribution in [3.63, 3.8) is 0 Å². The van der Waals surface area contributed by atoms with Crippen molar-refractivity contribution in [3.05, 3.63) is 85.2 Å². The molecule has 1 aromatic carbocycles. The van der Waals surface area contributed by atoms with Crippen LogP contribution in [-0.4, -0.2) is 30.3 Å². The fourth-order valence-electron chi connectivity index (χ4n) is 3.90. The molecule has 7 nitrogen and oxygen atoms in total. The summed E-state index contributed by atoms with van der Waals surface area (Å²) in [5.41, 5.74) is 0.603. The second-order valence-corrected chi connectivity index (χ2v) is 10.4. The Kier molecular flexibility index (Phi) is 6.89. The molecule has 1 N–H and O–H groups in total. The number of nitrogens with one attached hydrogen (secondary N) is 1. The van der Waals surface area contributed by atoms with Crippen molar-refractivity contribution in [1.82, 2.24) is 24.4 Å². The van der Waals surface area contributed by atoms with E-state index in [2.05, 4.69) is 20.5 Å². The van der Waals surface area contributed by atoms with E-state index >= 15 is 0 Å². The van der Waals surface area contributed by atoms with Crippen LogP contribution < -0.4 is 5.32 Å². The first-order chi connectivity index (χ1) is 17.9. The maximum Gasteiger partial charge on any atom is 0.433 e. The number of aromatic nitrogens is 5. The number of rotatable bonds is 5. The molecule has 0 aliphatic rings. The number of fused-ring (bicyclic) bond motifs is 1. The molecule has 0 saturated carbocycles. The highest BCUT2D eigenvalue weighted by Crippen LogP contribution is 2.36. The van der Waals surface area contributed by atoms with Gasteiger partial charge in [0, 0.05) is 0 Å². The normalized spacial score (nSPS) is 11.9. The van der Waals surface area contributed by atoms with Crippen LogP contribution in [0.4, 0.5) is 18.9 Å². The van der Waals surface area contributed by atoms with Crippen LogP contribution >= 0.6 is 46.1 Å². The Labute approximate surface area is 232 Å². The van der Waals surface area contributed by atoms with E-state index < -0.39 is 23.5 Å². The van der Waals surface area contributed by atoms with Gasteiger partial charge in [-0.3, -0.25) is 9.48 Å². The highest BCUT2D eigenvalue weighted by molar-refractivity contribution is 7.13. The minimum atomic E-state index is -4.77. The molecular weight excluding hydrogens is 584 g/mol. The number of thiophene rings is 1. The summed E-state index contributed by atoms with van der Waals surface area (Å²) in [7, 11) is 0. The molecule has 5 rings (SSSR count). The molecule has 0 bridgehead atoms. The Hall–Kier alpha value is -3.12. The Balaban J connectivity index is 1.50. The van der Waals surface area contributed by atoms with E-state index in [1.165, 1.54) is 11.3 Å². The van der Waals surface area contributed by atoms with Gasteiger partial charge in [-0.25, -0.2) is 9.50 Å². The number of hydrogen-bond acceptors (Lipinski definition) is 5. The number of nitrogens with zero attached hydrogens (tertiary/aromatic N) is 5. The van der Waals surface area contributed by atoms with Crippen molar-refractivity contribution < 1.29 is 18.0 Å². The van der Waals surface area contributed by atoms with E-state index in [1.807, 2.05) is 0 Å². The Morgan fingerprint density at radius 3 is 2.50 bits per heavy atom. The second-order valence-electron chi connectivity index (χ2n) is 8.31. The Morgan fingerprint density at radius 2 is 1.84 bits per heavy atom. The molecule has 0 unspecified atom stereocenters. The molecule has 38 heavy (non-hydrogen) atoms. The summed E-state index contributed by atoms with van der Waals surface area (Å²) < 4.78 is 43.9. The van der Waals surface area contributed by atoms with Crippen molar-refractivity contribution in [2.24, 2.45) is 0 Å². The van der Waals surface area contributed by atoms with Gasteiger partial charge >= 0.3 is 6.18 Å². The zero-order valence-electron chi connectivity index (χ0n) is 19.6. The van der Waals surface area contributed by atoms with Gasteiger partial charge in [0.2, 0.25) is 0 Å². The predicted octanol–water partition coefficient (Wildman–Crippen LogP) is 7.55. The van der Waals surface area contributed by atoms with Gasteiger partial charge in [0.1, 0.15) is 5.02 Å². The highest BCUT2D eigenvalue weighted by Gasteiger charge is 2.37. The van der Waals surface area contributed by atoms with Crippen LogP contribution in [0.5, 0.6) is 0 Å². The van der Waals surface area contributed by atoms with Crippen LogP contribution in [0.3, 0.4) is 0 Å². The molecule has 0 aliphatic carbocycles. The second kappa shape index (κ2) is 9.88. The molecule has 0 saturated heterocycles. The largest absolute Gasteiger partial charge is 0.433 e. The number of anilines is 1. The molecule has 4 aromatic heterocycles. The number of hydrogen-bond donors (Lipinski definition) is 1. The standard InChI is InChI=1S/C24H16Cl3F3N6OS/c1-11-20(12(2)35(33-11)10-13-5-6-14(25)15(26)8-13)32-23(37)21-19(27)22-31-16(17-4-3-7-38-17)9-18(24(28,29)30)36(22)34-21/h3-9H,10H2,1-2H3,(H,32,37). The third kappa shape index (κ3) is 4.86. The monoisotopic (exact) mass is 598 g/mol. The van der Waals surface area contributed by atoms with E-state index in [-0.39, 0.29) is 16.4 Å². The molecule has 0 fully saturated rings. The van der Waals surface area contributed by atoms with Crippen LogP contribution in [0.2, 0.25) is 15.1 Å². The molecule has 196 valence electrons. The van der Waals surface area contributed by atoms with E-state index in [4.69, 9.17) is 34.8 Å². The third-order valence-electron chi connectivity index (χ3n) is 5.75. The summed E-state index contributed by atoms with van der Waals surface area (Å²) in [6.07, 6.45) is -4.77. The maximum absolute atomic E-state index is 13.9. The average Bonchev–Trinajstić information content (AvgIpc) is 3.56. The number of benzene rings is 1. The van der Waals surface area contributed by atoms with Gasteiger partial charge in [0.15, 0.2) is 17.0 Å². The van der Waals surface area contributed by atoms with Crippen LogP contribution in [0.1, 0.15) is 33.1 Å². The minimum Gasteiger partial charge on any atom is -0.317 e. The zero-order chi connectivity index (χ0) is 27.4. The van der Waals surface area contributed by atoms with Gasteiger partial charge in [0.05, 0.1) is 44.2 Å². The number of amides is 1. The molecule has 5 aromatic rings. The summed E-state index contributed by atoms with van der Waals surface area (Å²) >= 11 is 19.7. The lowest BCUT2D eigenvalue weighted by Gasteiger charge is -2.10. The topological polar surface area (TPSA) is 77.1 Å². The lowest BCUT2D eigenvalue weighted by Crippen LogP contribution is -2.16. The van der Waals surface area contributed by atoms with Crippen LogP contribution in [0, 0.1) is 13.8 Å². The van der Waals surface area contributed by atoms with Gasteiger partial charge in [-0.2, -0.15) is 23.4 Å². The summed E-state index contributed by atoms with van der Waals surface area (Å²) in [6, 6.07) is 9.40.